The van der Waals surface area contributed by atoms with Gasteiger partial charge in [-0.25, -0.2) is 4.79 Å². The van der Waals surface area contributed by atoms with Crippen molar-refractivity contribution in [3.8, 4) is 5.75 Å². The molecule has 0 aromatic heterocycles. The predicted octanol–water partition coefficient (Wildman–Crippen LogP) is 7.02. The number of rotatable bonds is 4. The van der Waals surface area contributed by atoms with Gasteiger partial charge in [-0.3, -0.25) is 4.79 Å². The second kappa shape index (κ2) is 8.54. The molecule has 4 saturated carbocycles. The first-order valence-corrected chi connectivity index (χ1v) is 13.6. The average molecular weight is 487 g/mol. The Balaban J connectivity index is 1.28. The molecule has 0 saturated heterocycles. The normalized spacial score (nSPS) is 39.6. The Morgan fingerprint density at radius 1 is 0.971 bits per heavy atom. The fourth-order valence-electron chi connectivity index (χ4n) is 8.30. The van der Waals surface area contributed by atoms with Gasteiger partial charge in [0.05, 0.1) is 0 Å². The molecule has 186 valence electrons. The van der Waals surface area contributed by atoms with Crippen molar-refractivity contribution in [2.45, 2.75) is 97.2 Å². The van der Waals surface area contributed by atoms with Crippen molar-refractivity contribution in [3.63, 3.8) is 0 Å². The third kappa shape index (κ3) is 3.98. The highest BCUT2D eigenvalue weighted by Crippen LogP contribution is 2.66. The molecule has 1 aromatic carbocycles. The van der Waals surface area contributed by atoms with Crippen LogP contribution in [0.15, 0.2) is 24.3 Å². The van der Waals surface area contributed by atoms with Gasteiger partial charge >= 0.3 is 5.97 Å². The highest BCUT2D eigenvalue weighted by molar-refractivity contribution is 6.30. The number of ketones is 1. The Bertz CT molecular complexity index is 955. The zero-order chi connectivity index (χ0) is 24.3. The minimum atomic E-state index is -1.07. The van der Waals surface area contributed by atoms with Crippen LogP contribution < -0.4 is 4.74 Å². The predicted molar refractivity (Wildman–Crippen MR) is 133 cm³/mol. The zero-order valence-electron chi connectivity index (χ0n) is 21.1. The van der Waals surface area contributed by atoms with Crippen LogP contribution in [0.4, 0.5) is 0 Å². The van der Waals surface area contributed by atoms with Crippen molar-refractivity contribution >= 4 is 23.4 Å². The van der Waals surface area contributed by atoms with Gasteiger partial charge in [-0.1, -0.05) is 25.4 Å². The van der Waals surface area contributed by atoms with Gasteiger partial charge in [0.1, 0.15) is 17.6 Å². The molecule has 0 N–H and O–H groups in total. The average Bonchev–Trinajstić information content (AvgIpc) is 3.12. The molecule has 4 aliphatic rings. The number of hydrogen-bond acceptors (Lipinski definition) is 4. The van der Waals surface area contributed by atoms with Gasteiger partial charge in [0, 0.05) is 23.3 Å². The summed E-state index contributed by atoms with van der Waals surface area (Å²) in [5, 5.41) is 0.635. The van der Waals surface area contributed by atoms with Gasteiger partial charge < -0.3 is 9.47 Å². The van der Waals surface area contributed by atoms with E-state index in [2.05, 4.69) is 13.8 Å². The number of carbonyl (C=O) groups is 2. The summed E-state index contributed by atoms with van der Waals surface area (Å²) < 4.78 is 12.2. The van der Waals surface area contributed by atoms with E-state index in [4.69, 9.17) is 21.1 Å². The van der Waals surface area contributed by atoms with Crippen LogP contribution in [0.5, 0.6) is 5.75 Å². The van der Waals surface area contributed by atoms with E-state index in [0.29, 0.717) is 45.6 Å². The van der Waals surface area contributed by atoms with Gasteiger partial charge in [-0.15, -0.1) is 0 Å². The summed E-state index contributed by atoms with van der Waals surface area (Å²) in [7, 11) is 0. The summed E-state index contributed by atoms with van der Waals surface area (Å²) in [6, 6.07) is 7.08. The fourth-order valence-corrected chi connectivity index (χ4v) is 8.43. The minimum Gasteiger partial charge on any atom is -0.476 e. The van der Waals surface area contributed by atoms with E-state index in [1.54, 1.807) is 38.1 Å². The molecule has 4 unspecified atom stereocenters. The molecular weight excluding hydrogens is 448 g/mol. The first-order valence-electron chi connectivity index (χ1n) is 13.2. The summed E-state index contributed by atoms with van der Waals surface area (Å²) >= 11 is 5.98. The second-order valence-corrected chi connectivity index (χ2v) is 12.9. The van der Waals surface area contributed by atoms with Crippen LogP contribution in [0.3, 0.4) is 0 Å². The van der Waals surface area contributed by atoms with Crippen LogP contribution in [0.1, 0.15) is 85.5 Å². The van der Waals surface area contributed by atoms with E-state index in [0.717, 1.165) is 38.5 Å². The summed E-state index contributed by atoms with van der Waals surface area (Å²) in [6.07, 6.45) is 9.34. The molecule has 0 bridgehead atoms. The number of esters is 1. The van der Waals surface area contributed by atoms with Gasteiger partial charge in [0.2, 0.25) is 0 Å². The molecule has 34 heavy (non-hydrogen) atoms. The third-order valence-electron chi connectivity index (χ3n) is 10.3. The Labute approximate surface area is 209 Å². The van der Waals surface area contributed by atoms with E-state index in [9.17, 15) is 9.59 Å². The number of benzene rings is 1. The largest absolute Gasteiger partial charge is 0.476 e. The quantitative estimate of drug-likeness (QED) is 0.429. The van der Waals surface area contributed by atoms with Crippen molar-refractivity contribution < 1.29 is 19.1 Å². The Kier molecular flexibility index (Phi) is 6.06. The van der Waals surface area contributed by atoms with Gasteiger partial charge in [0.25, 0.3) is 0 Å². The first-order chi connectivity index (χ1) is 16.0. The lowest BCUT2D eigenvalue weighted by Gasteiger charge is -2.60. The second-order valence-electron chi connectivity index (χ2n) is 12.5. The number of carbonyl (C=O) groups excluding carboxylic acids is 2. The number of fused-ring (bicyclic) bond motifs is 5. The maximum absolute atomic E-state index is 13.3. The number of hydrogen-bond donors (Lipinski definition) is 0. The van der Waals surface area contributed by atoms with Crippen LogP contribution in [-0.2, 0) is 14.3 Å². The molecule has 4 fully saturated rings. The van der Waals surface area contributed by atoms with Gasteiger partial charge in [0.15, 0.2) is 5.60 Å². The molecule has 0 aliphatic heterocycles. The summed E-state index contributed by atoms with van der Waals surface area (Å²) in [5.41, 5.74) is -0.734. The summed E-state index contributed by atoms with van der Waals surface area (Å²) in [5.74, 6) is 3.35. The SMILES string of the molecule is CC(C)(Oc1ccc(Cl)cc1)C(=O)OC1CCC2C3CC[C@@H]4CC(=O)CC[C@]4(C)C3CC[C@]12C. The molecule has 0 amide bonds. The van der Waals surface area contributed by atoms with E-state index in [1.165, 1.54) is 19.3 Å². The Morgan fingerprint density at radius 3 is 2.41 bits per heavy atom. The maximum Gasteiger partial charge on any atom is 0.350 e. The smallest absolute Gasteiger partial charge is 0.350 e. The number of Topliss-reactive ketones (excluding diaryl/α,β-unsaturated/α-hetero) is 1. The highest BCUT2D eigenvalue weighted by atomic mass is 35.5. The monoisotopic (exact) mass is 486 g/mol. The zero-order valence-corrected chi connectivity index (χ0v) is 21.8. The van der Waals surface area contributed by atoms with Crippen molar-refractivity contribution in [1.29, 1.82) is 0 Å². The minimum absolute atomic E-state index is 0.0286. The van der Waals surface area contributed by atoms with Crippen LogP contribution in [0, 0.1) is 34.5 Å². The Morgan fingerprint density at radius 2 is 1.68 bits per heavy atom. The molecule has 5 heteroatoms. The topological polar surface area (TPSA) is 52.6 Å². The highest BCUT2D eigenvalue weighted by Gasteiger charge is 2.61. The molecular formula is C29H39ClO4. The van der Waals surface area contributed by atoms with Gasteiger partial charge in [-0.2, -0.15) is 0 Å². The lowest BCUT2D eigenvalue weighted by molar-refractivity contribution is -0.177. The maximum atomic E-state index is 13.3. The molecule has 0 radical (unpaired) electrons. The van der Waals surface area contributed by atoms with Crippen molar-refractivity contribution in [2.75, 3.05) is 0 Å². The summed E-state index contributed by atoms with van der Waals surface area (Å²) in [4.78, 5) is 25.4. The Hall–Kier alpha value is -1.55. The molecule has 5 rings (SSSR count). The van der Waals surface area contributed by atoms with Crippen molar-refractivity contribution in [1.82, 2.24) is 0 Å². The van der Waals surface area contributed by atoms with Crippen LogP contribution >= 0.6 is 11.6 Å². The molecule has 7 atom stereocenters. The first kappa shape index (κ1) is 24.2. The standard InChI is InChI=1S/C29H39ClO4/c1-27(2,34-21-8-6-19(30)7-9-21)26(32)33-25-12-11-23-22-10-5-18-17-20(31)13-15-28(18,3)24(22)14-16-29(23,25)4/h6-9,18,22-25H,5,10-17H2,1-4H3/t18-,22?,23?,24?,25?,28+,29+/m1/s1. The van der Waals surface area contributed by atoms with E-state index in [-0.39, 0.29) is 17.5 Å². The van der Waals surface area contributed by atoms with E-state index < -0.39 is 5.60 Å². The van der Waals surface area contributed by atoms with Gasteiger partial charge in [-0.05, 0) is 112 Å². The van der Waals surface area contributed by atoms with Crippen LogP contribution in [0.25, 0.3) is 0 Å². The summed E-state index contributed by atoms with van der Waals surface area (Å²) in [6.45, 7) is 8.40. The fraction of sp³-hybridized carbons (Fsp3) is 0.724. The molecule has 0 heterocycles. The van der Waals surface area contributed by atoms with Crippen molar-refractivity contribution in [3.05, 3.63) is 29.3 Å². The molecule has 0 spiro atoms. The van der Waals surface area contributed by atoms with Crippen LogP contribution in [-0.4, -0.2) is 23.5 Å². The van der Waals surface area contributed by atoms with Crippen LogP contribution in [0.2, 0.25) is 5.02 Å². The lowest BCUT2D eigenvalue weighted by atomic mass is 9.45. The molecule has 1 aromatic rings. The number of halogens is 1. The molecule has 4 nitrogen and oxygen atoms in total. The number of ether oxygens (including phenoxy) is 2. The van der Waals surface area contributed by atoms with Crippen molar-refractivity contribution in [2.24, 2.45) is 34.5 Å². The lowest BCUT2D eigenvalue weighted by Crippen LogP contribution is -2.54. The molecule has 4 aliphatic carbocycles. The van der Waals surface area contributed by atoms with E-state index in [1.807, 2.05) is 0 Å². The third-order valence-corrected chi connectivity index (χ3v) is 10.6. The van der Waals surface area contributed by atoms with E-state index >= 15 is 0 Å².